The Bertz CT molecular complexity index is 1570. The van der Waals surface area contributed by atoms with Crippen LogP contribution in [0.25, 0.3) is 28.3 Å². The molecule has 10 nitrogen and oxygen atoms in total. The highest BCUT2D eigenvalue weighted by atomic mass is 16.3. The molecule has 4 heterocycles. The Morgan fingerprint density at radius 3 is 2.70 bits per heavy atom. The molecule has 10 heteroatoms. The summed E-state index contributed by atoms with van der Waals surface area (Å²) in [6, 6.07) is 12.1. The standard InChI is InChI=1S/C23H18N6O4/c1-12-13(2)25-23(27-21(12)31)29-19(10-17(28-29)18-8-5-9-33-18)26-22(32)20(30)15-11-24-16-7-4-3-6-14(15)16/h3-11,24H,1-2H3,(H,26,32)(H,25,27,31). The van der Waals surface area contributed by atoms with Crippen molar-refractivity contribution in [3.63, 3.8) is 0 Å². The number of aryl methyl sites for hydroxylation is 1. The quantitative estimate of drug-likeness (QED) is 0.282. The number of nitrogens with zero attached hydrogens (tertiary/aromatic N) is 3. The van der Waals surface area contributed by atoms with E-state index in [1.54, 1.807) is 38.1 Å². The Hall–Kier alpha value is -4.73. The number of carbonyl (C=O) groups is 2. The lowest BCUT2D eigenvalue weighted by molar-refractivity contribution is -0.112. The topological polar surface area (TPSA) is 139 Å². The second-order valence-corrected chi connectivity index (χ2v) is 7.44. The molecular weight excluding hydrogens is 424 g/mol. The van der Waals surface area contributed by atoms with Gasteiger partial charge in [-0.15, -0.1) is 0 Å². The summed E-state index contributed by atoms with van der Waals surface area (Å²) >= 11 is 0. The van der Waals surface area contributed by atoms with Gasteiger partial charge in [0, 0.05) is 34.4 Å². The zero-order chi connectivity index (χ0) is 23.1. The van der Waals surface area contributed by atoms with Gasteiger partial charge in [-0.05, 0) is 32.0 Å². The summed E-state index contributed by atoms with van der Waals surface area (Å²) in [5.74, 6) is -0.903. The van der Waals surface area contributed by atoms with E-state index in [1.165, 1.54) is 23.2 Å². The van der Waals surface area contributed by atoms with Crippen molar-refractivity contribution in [2.24, 2.45) is 0 Å². The van der Waals surface area contributed by atoms with Crippen LogP contribution in [0.4, 0.5) is 5.82 Å². The Morgan fingerprint density at radius 1 is 1.12 bits per heavy atom. The summed E-state index contributed by atoms with van der Waals surface area (Å²) in [6.07, 6.45) is 2.99. The molecule has 5 aromatic rings. The number of H-pyrrole nitrogens is 2. The van der Waals surface area contributed by atoms with Gasteiger partial charge >= 0.3 is 0 Å². The van der Waals surface area contributed by atoms with E-state index >= 15 is 0 Å². The van der Waals surface area contributed by atoms with Crippen LogP contribution >= 0.6 is 0 Å². The molecule has 164 valence electrons. The van der Waals surface area contributed by atoms with E-state index in [2.05, 4.69) is 25.4 Å². The molecule has 0 radical (unpaired) electrons. The lowest BCUT2D eigenvalue weighted by Gasteiger charge is -2.09. The molecular formula is C23H18N6O4. The van der Waals surface area contributed by atoms with Gasteiger partial charge in [0.05, 0.1) is 11.8 Å². The first kappa shape index (κ1) is 20.2. The monoisotopic (exact) mass is 442 g/mol. The number of carbonyl (C=O) groups excluding carboxylic acids is 2. The van der Waals surface area contributed by atoms with Crippen molar-refractivity contribution in [1.29, 1.82) is 0 Å². The molecule has 0 saturated carbocycles. The van der Waals surface area contributed by atoms with Crippen LogP contribution in [0.2, 0.25) is 0 Å². The number of hydrogen-bond donors (Lipinski definition) is 3. The summed E-state index contributed by atoms with van der Waals surface area (Å²) in [7, 11) is 0. The third-order valence-corrected chi connectivity index (χ3v) is 5.35. The first-order chi connectivity index (χ1) is 15.9. The molecule has 0 bridgehead atoms. The van der Waals surface area contributed by atoms with E-state index < -0.39 is 11.7 Å². The number of hydrogen-bond acceptors (Lipinski definition) is 6. The zero-order valence-corrected chi connectivity index (χ0v) is 17.7. The molecule has 1 amide bonds. The molecule has 4 aromatic heterocycles. The maximum Gasteiger partial charge on any atom is 0.298 e. The van der Waals surface area contributed by atoms with Gasteiger partial charge in [0.2, 0.25) is 5.95 Å². The third-order valence-electron chi connectivity index (χ3n) is 5.35. The van der Waals surface area contributed by atoms with Crippen molar-refractivity contribution in [2.75, 3.05) is 5.32 Å². The summed E-state index contributed by atoms with van der Waals surface area (Å²) in [6.45, 7) is 3.36. The minimum atomic E-state index is -0.863. The fraction of sp³-hybridized carbons (Fsp3) is 0.0870. The third kappa shape index (κ3) is 3.53. The number of amides is 1. The molecule has 0 saturated heterocycles. The Kier molecular flexibility index (Phi) is 4.74. The van der Waals surface area contributed by atoms with Crippen LogP contribution in [-0.2, 0) is 4.79 Å². The van der Waals surface area contributed by atoms with Gasteiger partial charge < -0.3 is 14.7 Å². The lowest BCUT2D eigenvalue weighted by Crippen LogP contribution is -2.25. The second-order valence-electron chi connectivity index (χ2n) is 7.44. The number of para-hydroxylation sites is 1. The number of Topliss-reactive ketones (excluding diaryl/α,β-unsaturated/α-hetero) is 1. The van der Waals surface area contributed by atoms with Crippen LogP contribution in [0.5, 0.6) is 0 Å². The van der Waals surface area contributed by atoms with Crippen LogP contribution < -0.4 is 10.9 Å². The minimum absolute atomic E-state index is 0.0933. The Morgan fingerprint density at radius 2 is 1.94 bits per heavy atom. The van der Waals surface area contributed by atoms with E-state index in [9.17, 15) is 14.4 Å². The number of nitrogens with one attached hydrogen (secondary N) is 3. The maximum atomic E-state index is 12.9. The van der Waals surface area contributed by atoms with Gasteiger partial charge in [-0.2, -0.15) is 9.78 Å². The number of rotatable bonds is 5. The molecule has 0 aliphatic rings. The fourth-order valence-electron chi connectivity index (χ4n) is 3.46. The fourth-order valence-corrected chi connectivity index (χ4v) is 3.46. The Balaban J connectivity index is 1.55. The molecule has 5 rings (SSSR count). The molecule has 0 fully saturated rings. The molecule has 0 unspecified atom stereocenters. The number of benzene rings is 1. The summed E-state index contributed by atoms with van der Waals surface area (Å²) in [5, 5.41) is 7.65. The number of fused-ring (bicyclic) bond motifs is 1. The van der Waals surface area contributed by atoms with Crippen molar-refractivity contribution in [2.45, 2.75) is 13.8 Å². The average Bonchev–Trinajstić information content (AvgIpc) is 3.56. The van der Waals surface area contributed by atoms with Crippen molar-refractivity contribution in [3.05, 3.63) is 82.1 Å². The normalized spacial score (nSPS) is 11.1. The Labute approximate surface area is 186 Å². The highest BCUT2D eigenvalue weighted by molar-refractivity contribution is 6.48. The summed E-state index contributed by atoms with van der Waals surface area (Å²) < 4.78 is 6.65. The van der Waals surface area contributed by atoms with E-state index in [-0.39, 0.29) is 22.9 Å². The highest BCUT2D eigenvalue weighted by Crippen LogP contribution is 2.25. The minimum Gasteiger partial charge on any atom is -0.463 e. The largest absolute Gasteiger partial charge is 0.463 e. The van der Waals surface area contributed by atoms with Gasteiger partial charge in [-0.3, -0.25) is 19.4 Å². The van der Waals surface area contributed by atoms with Crippen molar-refractivity contribution >= 4 is 28.4 Å². The highest BCUT2D eigenvalue weighted by Gasteiger charge is 2.23. The maximum absolute atomic E-state index is 12.9. The molecule has 3 N–H and O–H groups in total. The van der Waals surface area contributed by atoms with Crippen LogP contribution in [0, 0.1) is 13.8 Å². The van der Waals surface area contributed by atoms with E-state index in [0.29, 0.717) is 28.1 Å². The van der Waals surface area contributed by atoms with Crippen LogP contribution in [0.15, 0.2) is 64.1 Å². The SMILES string of the molecule is Cc1nc(-n2nc(-c3ccco3)cc2NC(=O)C(=O)c2c[nH]c3ccccc23)[nH]c(=O)c1C. The predicted molar refractivity (Wildman–Crippen MR) is 120 cm³/mol. The van der Waals surface area contributed by atoms with Crippen LogP contribution in [-0.4, -0.2) is 36.4 Å². The van der Waals surface area contributed by atoms with Crippen molar-refractivity contribution in [3.8, 4) is 17.4 Å². The van der Waals surface area contributed by atoms with Gasteiger partial charge in [0.15, 0.2) is 5.76 Å². The summed E-state index contributed by atoms with van der Waals surface area (Å²) in [5.41, 5.74) is 2.03. The average molecular weight is 442 g/mol. The smallest absolute Gasteiger partial charge is 0.298 e. The van der Waals surface area contributed by atoms with Crippen LogP contribution in [0.1, 0.15) is 21.6 Å². The molecule has 0 atom stereocenters. The van der Waals surface area contributed by atoms with E-state index in [1.807, 2.05) is 12.1 Å². The van der Waals surface area contributed by atoms with E-state index in [0.717, 1.165) is 5.52 Å². The number of furan rings is 1. The number of aromatic amines is 2. The first-order valence-corrected chi connectivity index (χ1v) is 10.1. The molecule has 33 heavy (non-hydrogen) atoms. The van der Waals surface area contributed by atoms with E-state index in [4.69, 9.17) is 4.42 Å². The second kappa shape index (κ2) is 7.75. The first-order valence-electron chi connectivity index (χ1n) is 10.1. The van der Waals surface area contributed by atoms with Gasteiger partial charge in [-0.1, -0.05) is 18.2 Å². The molecule has 0 spiro atoms. The number of anilines is 1. The van der Waals surface area contributed by atoms with Gasteiger partial charge in [-0.25, -0.2) is 4.98 Å². The van der Waals surface area contributed by atoms with Crippen molar-refractivity contribution < 1.29 is 14.0 Å². The number of aromatic nitrogens is 5. The lowest BCUT2D eigenvalue weighted by atomic mass is 10.1. The number of ketones is 1. The molecule has 1 aromatic carbocycles. The molecule has 0 aliphatic carbocycles. The zero-order valence-electron chi connectivity index (χ0n) is 17.7. The van der Waals surface area contributed by atoms with Gasteiger partial charge in [0.25, 0.3) is 17.2 Å². The summed E-state index contributed by atoms with van der Waals surface area (Å²) in [4.78, 5) is 48.1. The van der Waals surface area contributed by atoms with Gasteiger partial charge in [0.1, 0.15) is 11.5 Å². The molecule has 0 aliphatic heterocycles. The van der Waals surface area contributed by atoms with Crippen LogP contribution in [0.3, 0.4) is 0 Å². The van der Waals surface area contributed by atoms with Crippen molar-refractivity contribution in [1.82, 2.24) is 24.7 Å². The predicted octanol–water partition coefficient (Wildman–Crippen LogP) is 3.14.